The third kappa shape index (κ3) is 3.10. The summed E-state index contributed by atoms with van der Waals surface area (Å²) in [6.07, 6.45) is 1.63. The van der Waals surface area contributed by atoms with Crippen LogP contribution in [0, 0.1) is 6.92 Å². The third-order valence-corrected chi connectivity index (χ3v) is 3.93. The van der Waals surface area contributed by atoms with E-state index in [9.17, 15) is 0 Å². The van der Waals surface area contributed by atoms with Crippen molar-refractivity contribution in [3.8, 4) is 5.75 Å². The summed E-state index contributed by atoms with van der Waals surface area (Å²) >= 11 is 0. The lowest BCUT2D eigenvalue weighted by molar-refractivity contribution is -0.0580. The van der Waals surface area contributed by atoms with Crippen molar-refractivity contribution in [3.05, 3.63) is 29.3 Å². The fraction of sp³-hybridized carbons (Fsp3) is 0.625. The van der Waals surface area contributed by atoms with E-state index in [1.807, 2.05) is 6.07 Å². The summed E-state index contributed by atoms with van der Waals surface area (Å²) in [5.74, 6) is 0.916. The highest BCUT2D eigenvalue weighted by Crippen LogP contribution is 2.42. The number of ether oxygens (including phenoxy) is 2. The fourth-order valence-corrected chi connectivity index (χ4v) is 3.01. The second kappa shape index (κ2) is 4.80. The molecule has 0 aliphatic carbocycles. The first kappa shape index (κ1) is 14.4. The number of hydrogen-bond acceptors (Lipinski definition) is 3. The SMILES string of the molecule is COC(C)(C)CC1(C)C[C@H](N)c2cc(C)ccc2O1. The fourth-order valence-electron chi connectivity index (χ4n) is 3.01. The van der Waals surface area contributed by atoms with E-state index in [0.717, 1.165) is 24.2 Å². The molecule has 0 radical (unpaired) electrons. The summed E-state index contributed by atoms with van der Waals surface area (Å²) in [7, 11) is 1.74. The number of methoxy groups -OCH3 is 1. The summed E-state index contributed by atoms with van der Waals surface area (Å²) in [5, 5.41) is 0. The van der Waals surface area contributed by atoms with Gasteiger partial charge in [0.25, 0.3) is 0 Å². The van der Waals surface area contributed by atoms with E-state index in [1.165, 1.54) is 5.56 Å². The van der Waals surface area contributed by atoms with Gasteiger partial charge in [0.15, 0.2) is 0 Å². The largest absolute Gasteiger partial charge is 0.487 e. The van der Waals surface area contributed by atoms with E-state index in [1.54, 1.807) is 7.11 Å². The van der Waals surface area contributed by atoms with Crippen molar-refractivity contribution in [2.45, 2.75) is 57.8 Å². The number of fused-ring (bicyclic) bond motifs is 1. The van der Waals surface area contributed by atoms with E-state index in [4.69, 9.17) is 15.2 Å². The second-order valence-corrected chi connectivity index (χ2v) is 6.54. The van der Waals surface area contributed by atoms with Crippen LogP contribution in [0.3, 0.4) is 0 Å². The van der Waals surface area contributed by atoms with Gasteiger partial charge in [-0.3, -0.25) is 0 Å². The number of rotatable bonds is 3. The maximum atomic E-state index is 6.33. The first-order valence-corrected chi connectivity index (χ1v) is 6.85. The molecule has 2 rings (SSSR count). The Balaban J connectivity index is 2.27. The zero-order chi connectivity index (χ0) is 14.3. The quantitative estimate of drug-likeness (QED) is 0.909. The van der Waals surface area contributed by atoms with Gasteiger partial charge in [0.05, 0.1) is 5.60 Å². The maximum absolute atomic E-state index is 6.33. The molecule has 1 aliphatic heterocycles. The predicted molar refractivity (Wildman–Crippen MR) is 77.5 cm³/mol. The molecule has 0 aromatic heterocycles. The maximum Gasteiger partial charge on any atom is 0.124 e. The highest BCUT2D eigenvalue weighted by molar-refractivity contribution is 5.41. The smallest absolute Gasteiger partial charge is 0.124 e. The van der Waals surface area contributed by atoms with Gasteiger partial charge in [-0.25, -0.2) is 0 Å². The minimum absolute atomic E-state index is 0.0290. The van der Waals surface area contributed by atoms with Crippen molar-refractivity contribution in [3.63, 3.8) is 0 Å². The Morgan fingerprint density at radius 2 is 2.16 bits per heavy atom. The molecule has 19 heavy (non-hydrogen) atoms. The second-order valence-electron chi connectivity index (χ2n) is 6.54. The minimum Gasteiger partial charge on any atom is -0.487 e. The lowest BCUT2D eigenvalue weighted by Gasteiger charge is -2.42. The van der Waals surface area contributed by atoms with Gasteiger partial charge in [-0.05, 0) is 33.8 Å². The standard InChI is InChI=1S/C16H25NO2/c1-11-6-7-14-12(8-11)13(17)9-16(4,19-14)10-15(2,3)18-5/h6-8,13H,9-10,17H2,1-5H3/t13-,16?/m0/s1. The predicted octanol–water partition coefficient (Wildman–Crippen LogP) is 3.35. The zero-order valence-electron chi connectivity index (χ0n) is 12.6. The molecule has 1 aromatic rings. The molecule has 0 amide bonds. The van der Waals surface area contributed by atoms with E-state index in [0.29, 0.717) is 0 Å². The highest BCUT2D eigenvalue weighted by Gasteiger charge is 2.40. The Morgan fingerprint density at radius 1 is 1.47 bits per heavy atom. The van der Waals surface area contributed by atoms with Crippen LogP contribution in [-0.4, -0.2) is 18.3 Å². The molecule has 3 heteroatoms. The van der Waals surface area contributed by atoms with Crippen LogP contribution in [0.25, 0.3) is 0 Å². The van der Waals surface area contributed by atoms with Crippen LogP contribution in [0.4, 0.5) is 0 Å². The van der Waals surface area contributed by atoms with Crippen molar-refractivity contribution in [1.82, 2.24) is 0 Å². The lowest BCUT2D eigenvalue weighted by Crippen LogP contribution is -2.46. The average molecular weight is 263 g/mol. The molecule has 2 atom stereocenters. The van der Waals surface area contributed by atoms with Gasteiger partial charge in [0, 0.05) is 31.6 Å². The Labute approximate surface area is 116 Å². The van der Waals surface area contributed by atoms with Gasteiger partial charge in [-0.1, -0.05) is 17.7 Å². The Morgan fingerprint density at radius 3 is 2.79 bits per heavy atom. The number of aryl methyl sites for hydroxylation is 1. The molecule has 2 N–H and O–H groups in total. The van der Waals surface area contributed by atoms with Crippen LogP contribution in [0.2, 0.25) is 0 Å². The van der Waals surface area contributed by atoms with Gasteiger partial charge in [-0.15, -0.1) is 0 Å². The lowest BCUT2D eigenvalue weighted by atomic mass is 9.81. The molecule has 1 heterocycles. The van der Waals surface area contributed by atoms with Gasteiger partial charge in [-0.2, -0.15) is 0 Å². The summed E-state index contributed by atoms with van der Waals surface area (Å²) in [6, 6.07) is 6.25. The Hall–Kier alpha value is -1.06. The van der Waals surface area contributed by atoms with Crippen molar-refractivity contribution < 1.29 is 9.47 Å². The average Bonchev–Trinajstić information content (AvgIpc) is 2.29. The van der Waals surface area contributed by atoms with Crippen molar-refractivity contribution in [1.29, 1.82) is 0 Å². The number of hydrogen-bond donors (Lipinski definition) is 1. The number of nitrogens with two attached hydrogens (primary N) is 1. The molecule has 1 aromatic carbocycles. The van der Waals surface area contributed by atoms with E-state index in [2.05, 4.69) is 39.8 Å². The molecule has 0 bridgehead atoms. The highest BCUT2D eigenvalue weighted by atomic mass is 16.5. The topological polar surface area (TPSA) is 44.5 Å². The summed E-state index contributed by atoms with van der Waals surface area (Å²) in [5.41, 5.74) is 8.18. The van der Waals surface area contributed by atoms with Crippen LogP contribution < -0.4 is 10.5 Å². The summed E-state index contributed by atoms with van der Waals surface area (Å²) in [6.45, 7) is 8.36. The summed E-state index contributed by atoms with van der Waals surface area (Å²) in [4.78, 5) is 0. The van der Waals surface area contributed by atoms with Crippen LogP contribution in [-0.2, 0) is 4.74 Å². The number of benzene rings is 1. The molecule has 1 unspecified atom stereocenters. The summed E-state index contributed by atoms with van der Waals surface area (Å²) < 4.78 is 11.7. The van der Waals surface area contributed by atoms with Crippen LogP contribution in [0.5, 0.6) is 5.75 Å². The molecule has 0 saturated carbocycles. The molecule has 0 fully saturated rings. The Bertz CT molecular complexity index is 470. The van der Waals surface area contributed by atoms with E-state index < -0.39 is 0 Å². The molecule has 0 spiro atoms. The molecule has 106 valence electrons. The van der Waals surface area contributed by atoms with Crippen molar-refractivity contribution >= 4 is 0 Å². The minimum atomic E-state index is -0.277. The van der Waals surface area contributed by atoms with Gasteiger partial charge in [0.1, 0.15) is 11.4 Å². The third-order valence-electron chi connectivity index (χ3n) is 3.93. The van der Waals surface area contributed by atoms with E-state index in [-0.39, 0.29) is 17.2 Å². The van der Waals surface area contributed by atoms with Crippen LogP contribution in [0.15, 0.2) is 18.2 Å². The van der Waals surface area contributed by atoms with Gasteiger partial charge in [0.2, 0.25) is 0 Å². The van der Waals surface area contributed by atoms with Crippen LogP contribution in [0.1, 0.15) is 50.8 Å². The normalized spacial score (nSPS) is 26.7. The Kier molecular flexibility index (Phi) is 3.63. The molecule has 3 nitrogen and oxygen atoms in total. The van der Waals surface area contributed by atoms with Gasteiger partial charge >= 0.3 is 0 Å². The van der Waals surface area contributed by atoms with E-state index >= 15 is 0 Å². The van der Waals surface area contributed by atoms with Crippen molar-refractivity contribution in [2.24, 2.45) is 5.73 Å². The first-order valence-electron chi connectivity index (χ1n) is 6.85. The monoisotopic (exact) mass is 263 g/mol. The molecular weight excluding hydrogens is 238 g/mol. The zero-order valence-corrected chi connectivity index (χ0v) is 12.6. The van der Waals surface area contributed by atoms with Crippen molar-refractivity contribution in [2.75, 3.05) is 7.11 Å². The molecular formula is C16H25NO2. The van der Waals surface area contributed by atoms with Gasteiger partial charge < -0.3 is 15.2 Å². The van der Waals surface area contributed by atoms with Crippen LogP contribution >= 0.6 is 0 Å². The molecule has 0 saturated heterocycles. The first-order chi connectivity index (χ1) is 8.75. The molecule has 1 aliphatic rings.